The summed E-state index contributed by atoms with van der Waals surface area (Å²) >= 11 is 1.70. The van der Waals surface area contributed by atoms with Crippen LogP contribution in [0, 0.1) is 11.6 Å². The third-order valence-electron chi connectivity index (χ3n) is 2.96. The highest BCUT2D eigenvalue weighted by molar-refractivity contribution is 7.11. The first-order chi connectivity index (χ1) is 9.12. The minimum Gasteiger partial charge on any atom is -0.271 e. The molecule has 0 aliphatic rings. The molecule has 1 atom stereocenters. The molecule has 0 saturated heterocycles. The zero-order valence-corrected chi connectivity index (χ0v) is 11.4. The Morgan fingerprint density at radius 3 is 2.32 bits per heavy atom. The SMILES string of the molecule is CCc1ccc(CC(NN)c2cc(F)cc(F)c2)s1. The van der Waals surface area contributed by atoms with Gasteiger partial charge in [-0.2, -0.15) is 0 Å². The molecular formula is C14H16F2N2S. The largest absolute Gasteiger partial charge is 0.271 e. The van der Waals surface area contributed by atoms with Crippen molar-refractivity contribution < 1.29 is 8.78 Å². The number of halogens is 2. The Bertz CT molecular complexity index is 534. The van der Waals surface area contributed by atoms with Gasteiger partial charge in [0.2, 0.25) is 0 Å². The Hall–Kier alpha value is -1.30. The molecule has 0 aliphatic heterocycles. The van der Waals surface area contributed by atoms with Crippen molar-refractivity contribution in [2.24, 2.45) is 5.84 Å². The molecule has 0 saturated carbocycles. The van der Waals surface area contributed by atoms with Gasteiger partial charge in [-0.3, -0.25) is 11.3 Å². The zero-order valence-electron chi connectivity index (χ0n) is 10.6. The maximum Gasteiger partial charge on any atom is 0.126 e. The van der Waals surface area contributed by atoms with E-state index in [1.807, 2.05) is 6.07 Å². The molecule has 1 aromatic heterocycles. The summed E-state index contributed by atoms with van der Waals surface area (Å²) in [6.07, 6.45) is 1.60. The summed E-state index contributed by atoms with van der Waals surface area (Å²) in [5, 5.41) is 0. The average Bonchev–Trinajstić information content (AvgIpc) is 2.82. The number of rotatable bonds is 5. The molecule has 2 rings (SSSR count). The molecule has 0 radical (unpaired) electrons. The van der Waals surface area contributed by atoms with Crippen molar-refractivity contribution in [3.8, 4) is 0 Å². The Balaban J connectivity index is 2.19. The van der Waals surface area contributed by atoms with Crippen LogP contribution in [0.25, 0.3) is 0 Å². The van der Waals surface area contributed by atoms with Crippen LogP contribution >= 0.6 is 11.3 Å². The van der Waals surface area contributed by atoms with Crippen LogP contribution in [-0.2, 0) is 12.8 Å². The van der Waals surface area contributed by atoms with Crippen LogP contribution < -0.4 is 11.3 Å². The molecule has 0 aliphatic carbocycles. The number of benzene rings is 1. The lowest BCUT2D eigenvalue weighted by Gasteiger charge is -2.15. The summed E-state index contributed by atoms with van der Waals surface area (Å²) < 4.78 is 26.4. The molecular weight excluding hydrogens is 266 g/mol. The van der Waals surface area contributed by atoms with E-state index in [9.17, 15) is 8.78 Å². The topological polar surface area (TPSA) is 38.0 Å². The van der Waals surface area contributed by atoms with Crippen molar-refractivity contribution in [1.82, 2.24) is 5.43 Å². The second kappa shape index (κ2) is 6.23. The number of hydrazine groups is 1. The van der Waals surface area contributed by atoms with Crippen molar-refractivity contribution in [1.29, 1.82) is 0 Å². The van der Waals surface area contributed by atoms with Gasteiger partial charge in [-0.1, -0.05) is 6.92 Å². The van der Waals surface area contributed by atoms with Crippen LogP contribution in [-0.4, -0.2) is 0 Å². The number of hydrogen-bond acceptors (Lipinski definition) is 3. The summed E-state index contributed by atoms with van der Waals surface area (Å²) in [5.41, 5.74) is 3.14. The van der Waals surface area contributed by atoms with Crippen molar-refractivity contribution in [2.45, 2.75) is 25.8 Å². The van der Waals surface area contributed by atoms with Crippen LogP contribution in [0.2, 0.25) is 0 Å². The molecule has 102 valence electrons. The monoisotopic (exact) mass is 282 g/mol. The van der Waals surface area contributed by atoms with E-state index >= 15 is 0 Å². The third kappa shape index (κ3) is 3.59. The summed E-state index contributed by atoms with van der Waals surface area (Å²) in [6, 6.07) is 7.28. The lowest BCUT2D eigenvalue weighted by Crippen LogP contribution is -2.29. The van der Waals surface area contributed by atoms with Crippen molar-refractivity contribution >= 4 is 11.3 Å². The number of nitrogens with one attached hydrogen (secondary N) is 1. The van der Waals surface area contributed by atoms with Crippen molar-refractivity contribution in [3.63, 3.8) is 0 Å². The number of thiophene rings is 1. The van der Waals surface area contributed by atoms with Gasteiger partial charge in [-0.25, -0.2) is 8.78 Å². The fourth-order valence-electron chi connectivity index (χ4n) is 1.97. The van der Waals surface area contributed by atoms with Gasteiger partial charge in [0.05, 0.1) is 6.04 Å². The maximum absolute atomic E-state index is 13.2. The van der Waals surface area contributed by atoms with Gasteiger partial charge in [-0.05, 0) is 36.2 Å². The van der Waals surface area contributed by atoms with Gasteiger partial charge in [0.25, 0.3) is 0 Å². The van der Waals surface area contributed by atoms with E-state index < -0.39 is 11.6 Å². The summed E-state index contributed by atoms with van der Waals surface area (Å²) in [6.45, 7) is 2.09. The van der Waals surface area contributed by atoms with Gasteiger partial charge in [0.1, 0.15) is 11.6 Å². The van der Waals surface area contributed by atoms with Crippen LogP contribution in [0.1, 0.15) is 28.3 Å². The van der Waals surface area contributed by atoms with E-state index in [1.165, 1.54) is 17.0 Å². The first-order valence-corrected chi connectivity index (χ1v) is 6.93. The van der Waals surface area contributed by atoms with Gasteiger partial charge in [0, 0.05) is 22.2 Å². The molecule has 1 aromatic carbocycles. The Morgan fingerprint density at radius 2 is 1.79 bits per heavy atom. The molecule has 3 N–H and O–H groups in total. The number of nitrogens with two attached hydrogens (primary N) is 1. The fraction of sp³-hybridized carbons (Fsp3) is 0.286. The second-order valence-electron chi connectivity index (χ2n) is 4.35. The standard InChI is InChI=1S/C14H16F2N2S/c1-2-12-3-4-13(19-12)8-14(18-17)9-5-10(15)7-11(16)6-9/h3-7,14,18H,2,8,17H2,1H3. The molecule has 19 heavy (non-hydrogen) atoms. The summed E-state index contributed by atoms with van der Waals surface area (Å²) in [5.74, 6) is 4.33. The molecule has 0 fully saturated rings. The normalized spacial score (nSPS) is 12.6. The number of aryl methyl sites for hydroxylation is 1. The highest BCUT2D eigenvalue weighted by atomic mass is 32.1. The minimum absolute atomic E-state index is 0.298. The molecule has 0 amide bonds. The van der Waals surface area contributed by atoms with E-state index in [4.69, 9.17) is 5.84 Å². The van der Waals surface area contributed by atoms with Crippen LogP contribution in [0.5, 0.6) is 0 Å². The lowest BCUT2D eigenvalue weighted by molar-refractivity contribution is 0.533. The summed E-state index contributed by atoms with van der Waals surface area (Å²) in [4.78, 5) is 2.43. The van der Waals surface area contributed by atoms with Crippen molar-refractivity contribution in [2.75, 3.05) is 0 Å². The highest BCUT2D eigenvalue weighted by Gasteiger charge is 2.14. The van der Waals surface area contributed by atoms with Gasteiger partial charge >= 0.3 is 0 Å². The Labute approximate surface area is 115 Å². The van der Waals surface area contributed by atoms with Gasteiger partial charge in [-0.15, -0.1) is 11.3 Å². The summed E-state index contributed by atoms with van der Waals surface area (Å²) in [7, 11) is 0. The second-order valence-corrected chi connectivity index (χ2v) is 5.60. The first-order valence-electron chi connectivity index (χ1n) is 6.12. The van der Waals surface area contributed by atoms with E-state index in [1.54, 1.807) is 11.3 Å². The molecule has 5 heteroatoms. The quantitative estimate of drug-likeness (QED) is 0.652. The smallest absolute Gasteiger partial charge is 0.126 e. The van der Waals surface area contributed by atoms with Crippen LogP contribution in [0.3, 0.4) is 0 Å². The van der Waals surface area contributed by atoms with E-state index in [-0.39, 0.29) is 6.04 Å². The minimum atomic E-state index is -0.587. The molecule has 2 nitrogen and oxygen atoms in total. The molecule has 1 heterocycles. The predicted octanol–water partition coefficient (Wildman–Crippen LogP) is 3.34. The van der Waals surface area contributed by atoms with Gasteiger partial charge < -0.3 is 0 Å². The molecule has 0 bridgehead atoms. The van der Waals surface area contributed by atoms with Gasteiger partial charge in [0.15, 0.2) is 0 Å². The Morgan fingerprint density at radius 1 is 1.16 bits per heavy atom. The van der Waals surface area contributed by atoms with E-state index in [0.29, 0.717) is 12.0 Å². The predicted molar refractivity (Wildman–Crippen MR) is 73.8 cm³/mol. The first kappa shape index (κ1) is 14.1. The van der Waals surface area contributed by atoms with E-state index in [2.05, 4.69) is 18.4 Å². The fourth-order valence-corrected chi connectivity index (χ4v) is 2.98. The molecule has 1 unspecified atom stereocenters. The molecule has 0 spiro atoms. The average molecular weight is 282 g/mol. The molecule has 2 aromatic rings. The maximum atomic E-state index is 13.2. The lowest BCUT2D eigenvalue weighted by atomic mass is 10.0. The zero-order chi connectivity index (χ0) is 13.8. The highest BCUT2D eigenvalue weighted by Crippen LogP contribution is 2.24. The third-order valence-corrected chi connectivity index (χ3v) is 4.21. The van der Waals surface area contributed by atoms with Crippen LogP contribution in [0.4, 0.5) is 8.78 Å². The van der Waals surface area contributed by atoms with E-state index in [0.717, 1.165) is 17.4 Å². The Kier molecular flexibility index (Phi) is 4.63. The van der Waals surface area contributed by atoms with Crippen LogP contribution in [0.15, 0.2) is 30.3 Å². The van der Waals surface area contributed by atoms with Crippen molar-refractivity contribution in [3.05, 3.63) is 57.3 Å². The number of hydrogen-bond donors (Lipinski definition) is 2.